The van der Waals surface area contributed by atoms with E-state index in [-0.39, 0.29) is 77.6 Å². The Morgan fingerprint density at radius 1 is 0.894 bits per heavy atom. The number of carbonyl (C=O) groups is 6. The summed E-state index contributed by atoms with van der Waals surface area (Å²) in [7, 11) is 1.40. The molecule has 0 aliphatic carbocycles. The molecule has 0 spiro atoms. The zero-order valence-electron chi connectivity index (χ0n) is 37.4. The van der Waals surface area contributed by atoms with Gasteiger partial charge in [-0.2, -0.15) is 0 Å². The fourth-order valence-electron chi connectivity index (χ4n) is 7.38. The van der Waals surface area contributed by atoms with E-state index in [0.717, 1.165) is 11.1 Å². The molecule has 1 aliphatic rings. The van der Waals surface area contributed by atoms with E-state index in [2.05, 4.69) is 33.1 Å². The summed E-state index contributed by atoms with van der Waals surface area (Å²) >= 11 is 6.07. The molecule has 16 nitrogen and oxygen atoms in total. The number of aromatic hydroxyl groups is 1. The van der Waals surface area contributed by atoms with Gasteiger partial charge in [-0.15, -0.1) is 0 Å². The van der Waals surface area contributed by atoms with Crippen LogP contribution in [0.2, 0.25) is 5.02 Å². The highest BCUT2D eigenvalue weighted by molar-refractivity contribution is 6.30. The number of hydrogen-bond acceptors (Lipinski definition) is 11. The molecule has 4 aromatic carbocycles. The Labute approximate surface area is 389 Å². The molecule has 1 heterocycles. The summed E-state index contributed by atoms with van der Waals surface area (Å²) in [5, 5.41) is 23.0. The number of nitrogens with one attached hydrogen (secondary N) is 4. The van der Waals surface area contributed by atoms with E-state index in [1.807, 2.05) is 12.1 Å². The number of nitrogens with zero attached hydrogens (tertiary/aromatic N) is 1. The maximum Gasteiger partial charge on any atom is 0.251 e. The van der Waals surface area contributed by atoms with Crippen LogP contribution in [0.4, 0.5) is 0 Å². The number of unbranched alkanes of at least 4 members (excludes halogenated alkanes) is 1. The van der Waals surface area contributed by atoms with Crippen molar-refractivity contribution in [2.75, 3.05) is 33.3 Å². The van der Waals surface area contributed by atoms with Gasteiger partial charge in [0.1, 0.15) is 42.3 Å². The molecule has 4 bridgehead atoms. The van der Waals surface area contributed by atoms with Crippen LogP contribution in [0.5, 0.6) is 11.5 Å². The minimum absolute atomic E-state index is 0.0283. The van der Waals surface area contributed by atoms with Crippen LogP contribution in [0.3, 0.4) is 0 Å². The number of halogens is 1. The van der Waals surface area contributed by atoms with E-state index in [1.54, 1.807) is 60.7 Å². The molecule has 0 saturated carbocycles. The Morgan fingerprint density at radius 2 is 1.58 bits per heavy atom. The van der Waals surface area contributed by atoms with Crippen LogP contribution < -0.4 is 43.2 Å². The van der Waals surface area contributed by atoms with Crippen molar-refractivity contribution >= 4 is 46.9 Å². The monoisotopic (exact) mass is 920 g/mol. The maximum absolute atomic E-state index is 14.9. The number of likely N-dealkylation sites (N-methyl/N-ethyl adjacent to an activating group) is 1. The van der Waals surface area contributed by atoms with Crippen molar-refractivity contribution < 1.29 is 38.6 Å². The maximum atomic E-state index is 14.9. The third kappa shape index (κ3) is 12.7. The standard InChI is InChI=1S/C49H57ClN8O8/c1-28(30(3)59)54-47(63)41-25-31-10-19-42(60)38(24-31)39-27-36(26-35(8-7-21-52)44(39)66-23-22-53)43(48(64)55-29(2)45(61)57-41)58(4)49(65)40(9-5-6-20-51)56-46(62)34-13-11-32(12-14-34)33-15-17-37(50)18-16-33/h10-19,24,26-29,40-41,43,60H,5-6,9,20-23,25,51-53H2,1-4H3,(H,54,63)(H,55,64)(H,56,62)(H,57,61). The summed E-state index contributed by atoms with van der Waals surface area (Å²) < 4.78 is 6.18. The smallest absolute Gasteiger partial charge is 0.251 e. The van der Waals surface area contributed by atoms with Gasteiger partial charge in [0.15, 0.2) is 5.78 Å². The lowest BCUT2D eigenvalue weighted by atomic mass is 9.91. The topological polar surface area (TPSA) is 261 Å². The van der Waals surface area contributed by atoms with Crippen LogP contribution in [0.25, 0.3) is 22.3 Å². The van der Waals surface area contributed by atoms with Crippen LogP contribution in [0.1, 0.15) is 73.1 Å². The Kier molecular flexibility index (Phi) is 17.8. The Balaban J connectivity index is 1.64. The number of ether oxygens (including phenoxy) is 1. The fraction of sp³-hybridized carbons (Fsp3) is 0.347. The molecule has 17 heteroatoms. The molecule has 66 heavy (non-hydrogen) atoms. The van der Waals surface area contributed by atoms with E-state index in [0.29, 0.717) is 30.0 Å². The molecule has 0 radical (unpaired) electrons. The SMILES string of the molecule is CC(=O)C(C)NC(=O)C1Cc2ccc(O)c(c2)-c2cc(cc(C#CCN)c2OCCN)C(N(C)C(=O)C(CCCCN)NC(=O)c2ccc(-c3ccc(Cl)cc3)cc2)C(=O)NC(C)C(=O)N1. The van der Waals surface area contributed by atoms with Gasteiger partial charge in [0.05, 0.1) is 18.2 Å². The lowest BCUT2D eigenvalue weighted by Gasteiger charge is -2.33. The first-order valence-corrected chi connectivity index (χ1v) is 22.0. The van der Waals surface area contributed by atoms with Crippen molar-refractivity contribution in [3.63, 3.8) is 0 Å². The molecular formula is C49H57ClN8O8. The number of phenolic OH excluding ortho intramolecular Hbond substituents is 1. The average molecular weight is 921 g/mol. The first-order chi connectivity index (χ1) is 31.6. The van der Waals surface area contributed by atoms with Crippen molar-refractivity contribution in [3.05, 3.63) is 106 Å². The predicted octanol–water partition coefficient (Wildman–Crippen LogP) is 3.09. The van der Waals surface area contributed by atoms with Gasteiger partial charge in [-0.3, -0.25) is 28.8 Å². The molecule has 0 fully saturated rings. The van der Waals surface area contributed by atoms with E-state index in [1.165, 1.54) is 38.8 Å². The van der Waals surface area contributed by atoms with Gasteiger partial charge in [-0.25, -0.2) is 0 Å². The molecule has 0 saturated heterocycles. The van der Waals surface area contributed by atoms with Gasteiger partial charge < -0.3 is 53.2 Å². The van der Waals surface area contributed by atoms with Crippen molar-refractivity contribution in [2.45, 2.75) is 76.7 Å². The highest BCUT2D eigenvalue weighted by Gasteiger charge is 2.37. The summed E-state index contributed by atoms with van der Waals surface area (Å²) in [5.41, 5.74) is 21.0. The van der Waals surface area contributed by atoms with Gasteiger partial charge >= 0.3 is 0 Å². The molecule has 0 aromatic heterocycles. The van der Waals surface area contributed by atoms with Gasteiger partial charge in [0.25, 0.3) is 5.91 Å². The lowest BCUT2D eigenvalue weighted by Crippen LogP contribution is -2.56. The number of ketones is 1. The number of carbonyl (C=O) groups excluding carboxylic acids is 6. The lowest BCUT2D eigenvalue weighted by molar-refractivity contribution is -0.141. The fourth-order valence-corrected chi connectivity index (χ4v) is 7.50. The number of Topliss-reactive ketones (excluding diaryl/α,β-unsaturated/α-hetero) is 1. The number of benzene rings is 4. The van der Waals surface area contributed by atoms with Crippen LogP contribution in [-0.2, 0) is 30.4 Å². The summed E-state index contributed by atoms with van der Waals surface area (Å²) in [4.78, 5) is 84.3. The zero-order chi connectivity index (χ0) is 48.1. The second-order valence-corrected chi connectivity index (χ2v) is 16.5. The number of phenols is 1. The normalized spacial score (nSPS) is 16.8. The highest BCUT2D eigenvalue weighted by atomic mass is 35.5. The summed E-state index contributed by atoms with van der Waals surface area (Å²) in [5.74, 6) is 2.11. The van der Waals surface area contributed by atoms with E-state index in [4.69, 9.17) is 33.5 Å². The molecule has 5 rings (SSSR count). The number of fused-ring (bicyclic) bond motifs is 5. The van der Waals surface area contributed by atoms with Crippen LogP contribution >= 0.6 is 11.6 Å². The van der Waals surface area contributed by atoms with Crippen molar-refractivity contribution in [1.29, 1.82) is 0 Å². The predicted molar refractivity (Wildman–Crippen MR) is 252 cm³/mol. The highest BCUT2D eigenvalue weighted by Crippen LogP contribution is 2.42. The van der Waals surface area contributed by atoms with Gasteiger partial charge in [0.2, 0.25) is 23.6 Å². The third-order valence-corrected chi connectivity index (χ3v) is 11.4. The number of nitrogens with two attached hydrogens (primary N) is 3. The Morgan fingerprint density at radius 3 is 2.21 bits per heavy atom. The molecule has 5 atom stereocenters. The minimum atomic E-state index is -1.50. The van der Waals surface area contributed by atoms with Gasteiger partial charge in [-0.1, -0.05) is 53.8 Å². The molecule has 5 unspecified atom stereocenters. The Bertz CT molecular complexity index is 2490. The molecular weight excluding hydrogens is 864 g/mol. The molecule has 4 aromatic rings. The van der Waals surface area contributed by atoms with Crippen molar-refractivity contribution in [3.8, 4) is 45.6 Å². The summed E-state index contributed by atoms with van der Waals surface area (Å²) in [6.07, 6.45) is 1.08. The first-order valence-electron chi connectivity index (χ1n) is 21.6. The number of amides is 5. The molecule has 11 N–H and O–H groups in total. The van der Waals surface area contributed by atoms with Crippen molar-refractivity contribution in [1.82, 2.24) is 26.2 Å². The summed E-state index contributed by atoms with van der Waals surface area (Å²) in [6, 6.07) is 15.8. The van der Waals surface area contributed by atoms with Crippen LogP contribution in [0, 0.1) is 11.8 Å². The number of rotatable bonds is 15. The van der Waals surface area contributed by atoms with E-state index < -0.39 is 59.7 Å². The molecule has 5 amide bonds. The summed E-state index contributed by atoms with van der Waals surface area (Å²) in [6.45, 7) is 4.68. The van der Waals surface area contributed by atoms with Gasteiger partial charge in [0, 0.05) is 41.7 Å². The second kappa shape index (κ2) is 23.4. The third-order valence-electron chi connectivity index (χ3n) is 11.1. The quantitative estimate of drug-likeness (QED) is 0.0635. The average Bonchev–Trinajstić information content (AvgIpc) is 3.29. The largest absolute Gasteiger partial charge is 0.507 e. The number of hydrogen-bond donors (Lipinski definition) is 8. The van der Waals surface area contributed by atoms with Crippen LogP contribution in [-0.4, -0.2) is 103 Å². The minimum Gasteiger partial charge on any atom is -0.507 e. The Hall–Kier alpha value is -6.77. The molecule has 348 valence electrons. The molecule has 1 aliphatic heterocycles. The zero-order valence-corrected chi connectivity index (χ0v) is 38.2. The second-order valence-electron chi connectivity index (χ2n) is 16.0. The van der Waals surface area contributed by atoms with Crippen LogP contribution in [0.15, 0.2) is 78.9 Å². The van der Waals surface area contributed by atoms with Gasteiger partial charge in [-0.05, 0) is 117 Å². The van der Waals surface area contributed by atoms with E-state index >= 15 is 0 Å². The van der Waals surface area contributed by atoms with Crippen molar-refractivity contribution in [2.24, 2.45) is 17.2 Å². The van der Waals surface area contributed by atoms with E-state index in [9.17, 15) is 33.9 Å². The first kappa shape index (κ1) is 50.2.